The van der Waals surface area contributed by atoms with Crippen LogP contribution < -0.4 is 15.0 Å². The number of anilines is 2. The number of fused-ring (bicyclic) bond motifs is 1. The van der Waals surface area contributed by atoms with Gasteiger partial charge in [-0.25, -0.2) is 4.98 Å². The van der Waals surface area contributed by atoms with Crippen LogP contribution in [0, 0.1) is 0 Å². The molecule has 1 saturated heterocycles. The van der Waals surface area contributed by atoms with Crippen molar-refractivity contribution in [3.05, 3.63) is 35.1 Å². The molecule has 3 aliphatic rings. The third-order valence-electron chi connectivity index (χ3n) is 6.43. The Morgan fingerprint density at radius 2 is 1.97 bits per heavy atom. The second-order valence-corrected chi connectivity index (χ2v) is 10.1. The molecule has 1 unspecified atom stereocenters. The van der Waals surface area contributed by atoms with Crippen LogP contribution in [-0.2, 0) is 10.8 Å². The minimum atomic E-state index is -1.28. The highest BCUT2D eigenvalue weighted by Crippen LogP contribution is 2.41. The summed E-state index contributed by atoms with van der Waals surface area (Å²) < 4.78 is 18.1. The van der Waals surface area contributed by atoms with E-state index in [1.54, 1.807) is 0 Å². The zero-order valence-electron chi connectivity index (χ0n) is 16.6. The van der Waals surface area contributed by atoms with E-state index in [1.807, 2.05) is 24.3 Å². The molecule has 0 spiro atoms. The lowest BCUT2D eigenvalue weighted by Crippen LogP contribution is -2.48. The van der Waals surface area contributed by atoms with Crippen molar-refractivity contribution in [1.29, 1.82) is 0 Å². The Balaban J connectivity index is 1.37. The maximum atomic E-state index is 12.5. The maximum Gasteiger partial charge on any atom is 0.236 e. The molecule has 0 bridgehead atoms. The van der Waals surface area contributed by atoms with Gasteiger partial charge >= 0.3 is 0 Å². The number of aliphatic hydroxyl groups excluding tert-OH is 1. The number of hydrogen-bond donors (Lipinski definition) is 2. The van der Waals surface area contributed by atoms with Gasteiger partial charge in [-0.15, -0.1) is 0 Å². The normalized spacial score (nSPS) is 22.9. The first-order chi connectivity index (χ1) is 14.6. The van der Waals surface area contributed by atoms with E-state index < -0.39 is 10.8 Å². The molecule has 0 radical (unpaired) electrons. The predicted molar refractivity (Wildman–Crippen MR) is 117 cm³/mol. The number of benzene rings is 1. The lowest BCUT2D eigenvalue weighted by atomic mass is 9.77. The van der Waals surface area contributed by atoms with Gasteiger partial charge in [0.25, 0.3) is 0 Å². The summed E-state index contributed by atoms with van der Waals surface area (Å²) in [7, 11) is -1.28. The molecule has 1 saturated carbocycles. The van der Waals surface area contributed by atoms with Crippen LogP contribution in [0.25, 0.3) is 0 Å². The van der Waals surface area contributed by atoms with Crippen molar-refractivity contribution >= 4 is 33.9 Å². The number of rotatable bonds is 5. The van der Waals surface area contributed by atoms with Crippen LogP contribution in [0.5, 0.6) is 5.88 Å². The standard InChI is InChI=1S/C21H25ClN4O3S/c22-15-2-4-16(5-3-15)26-10-6-14(7-11-26)18-23-19(25-21(12-27)8-1-9-21)17-20(24-18)29-13-30(17)28/h2-5,14,27H,1,6-13H2,(H,23,24,25). The first kappa shape index (κ1) is 20.0. The van der Waals surface area contributed by atoms with Crippen molar-refractivity contribution in [2.45, 2.75) is 48.5 Å². The van der Waals surface area contributed by atoms with Crippen LogP contribution in [0.4, 0.5) is 11.5 Å². The fourth-order valence-corrected chi connectivity index (χ4v) is 5.48. The third kappa shape index (κ3) is 3.65. The Kier molecular flexibility index (Phi) is 5.33. The van der Waals surface area contributed by atoms with Crippen LogP contribution in [0.2, 0.25) is 5.02 Å². The fourth-order valence-electron chi connectivity index (χ4n) is 4.41. The molecular weight excluding hydrogens is 424 g/mol. The van der Waals surface area contributed by atoms with Crippen molar-refractivity contribution in [2.75, 3.05) is 35.9 Å². The average molecular weight is 449 g/mol. The summed E-state index contributed by atoms with van der Waals surface area (Å²) in [4.78, 5) is 12.3. The van der Waals surface area contributed by atoms with E-state index in [-0.39, 0.29) is 24.0 Å². The highest BCUT2D eigenvalue weighted by Gasteiger charge is 2.39. The zero-order valence-corrected chi connectivity index (χ0v) is 18.2. The van der Waals surface area contributed by atoms with E-state index in [0.29, 0.717) is 16.6 Å². The number of hydrogen-bond acceptors (Lipinski definition) is 7. The van der Waals surface area contributed by atoms with Gasteiger partial charge in [-0.1, -0.05) is 11.6 Å². The molecule has 7 nitrogen and oxygen atoms in total. The fraction of sp³-hybridized carbons (Fsp3) is 0.524. The van der Waals surface area contributed by atoms with Gasteiger partial charge in [0.2, 0.25) is 5.88 Å². The summed E-state index contributed by atoms with van der Waals surface area (Å²) in [6.45, 7) is 1.85. The first-order valence-electron chi connectivity index (χ1n) is 10.4. The number of nitrogens with zero attached hydrogens (tertiary/aromatic N) is 3. The molecule has 2 fully saturated rings. The minimum absolute atomic E-state index is 0.0358. The van der Waals surface area contributed by atoms with Crippen LogP contribution >= 0.6 is 11.6 Å². The summed E-state index contributed by atoms with van der Waals surface area (Å²) >= 11 is 6.01. The maximum absolute atomic E-state index is 12.5. The number of ether oxygens (including phenoxy) is 1. The van der Waals surface area contributed by atoms with Gasteiger partial charge in [0.05, 0.1) is 12.1 Å². The van der Waals surface area contributed by atoms with E-state index >= 15 is 0 Å². The van der Waals surface area contributed by atoms with Crippen LogP contribution in [0.15, 0.2) is 29.2 Å². The Labute approximate surface area is 183 Å². The average Bonchev–Trinajstić information content (AvgIpc) is 3.12. The molecule has 1 aliphatic carbocycles. The largest absolute Gasteiger partial charge is 0.463 e. The predicted octanol–water partition coefficient (Wildman–Crippen LogP) is 3.30. The molecule has 1 aromatic heterocycles. The van der Waals surface area contributed by atoms with E-state index in [1.165, 1.54) is 5.69 Å². The number of halogens is 1. The molecule has 2 N–H and O–H groups in total. The SMILES string of the molecule is O=S1COc2nc(C3CCN(c4ccc(Cl)cc4)CC3)nc(NC3(CO)CCC3)c21. The van der Waals surface area contributed by atoms with Crippen molar-refractivity contribution < 1.29 is 14.1 Å². The van der Waals surface area contributed by atoms with E-state index in [0.717, 1.165) is 56.0 Å². The molecule has 5 rings (SSSR count). The lowest BCUT2D eigenvalue weighted by Gasteiger charge is -2.41. The summed E-state index contributed by atoms with van der Waals surface area (Å²) in [5, 5.41) is 14.0. The van der Waals surface area contributed by atoms with Crippen molar-refractivity contribution in [1.82, 2.24) is 9.97 Å². The molecule has 2 aliphatic heterocycles. The number of nitrogens with one attached hydrogen (secondary N) is 1. The topological polar surface area (TPSA) is 87.6 Å². The second kappa shape index (κ2) is 7.98. The summed E-state index contributed by atoms with van der Waals surface area (Å²) in [5.74, 6) is 2.05. The molecular formula is C21H25ClN4O3S. The third-order valence-corrected chi connectivity index (χ3v) is 7.84. The van der Waals surface area contributed by atoms with Crippen LogP contribution in [0.3, 0.4) is 0 Å². The highest BCUT2D eigenvalue weighted by atomic mass is 35.5. The number of piperidine rings is 1. The molecule has 3 heterocycles. The van der Waals surface area contributed by atoms with Gasteiger partial charge in [-0.3, -0.25) is 4.21 Å². The molecule has 0 amide bonds. The summed E-state index contributed by atoms with van der Waals surface area (Å²) in [5.41, 5.74) is 0.799. The molecule has 1 aromatic carbocycles. The Hall–Kier alpha value is -1.90. The number of aromatic nitrogens is 2. The number of aliphatic hydroxyl groups is 1. The zero-order chi connectivity index (χ0) is 20.7. The smallest absolute Gasteiger partial charge is 0.236 e. The second-order valence-electron chi connectivity index (χ2n) is 8.33. The van der Waals surface area contributed by atoms with Gasteiger partial charge in [0.15, 0.2) is 11.8 Å². The summed E-state index contributed by atoms with van der Waals surface area (Å²) in [6, 6.07) is 7.93. The van der Waals surface area contributed by atoms with Crippen LogP contribution in [0.1, 0.15) is 43.8 Å². The van der Waals surface area contributed by atoms with Gasteiger partial charge in [-0.05, 0) is 56.4 Å². The molecule has 9 heteroatoms. The van der Waals surface area contributed by atoms with Gasteiger partial charge < -0.3 is 20.1 Å². The Morgan fingerprint density at radius 1 is 1.23 bits per heavy atom. The lowest BCUT2D eigenvalue weighted by molar-refractivity contribution is 0.143. The van der Waals surface area contributed by atoms with Crippen LogP contribution in [-0.4, -0.2) is 50.5 Å². The Morgan fingerprint density at radius 3 is 2.60 bits per heavy atom. The van der Waals surface area contributed by atoms with E-state index in [9.17, 15) is 9.32 Å². The van der Waals surface area contributed by atoms with E-state index in [4.69, 9.17) is 21.3 Å². The van der Waals surface area contributed by atoms with E-state index in [2.05, 4.69) is 15.2 Å². The molecule has 2 aromatic rings. The van der Waals surface area contributed by atoms with Gasteiger partial charge in [-0.2, -0.15) is 4.98 Å². The molecule has 30 heavy (non-hydrogen) atoms. The molecule has 1 atom stereocenters. The van der Waals surface area contributed by atoms with Crippen molar-refractivity contribution in [2.24, 2.45) is 0 Å². The first-order valence-corrected chi connectivity index (χ1v) is 12.1. The Bertz CT molecular complexity index is 954. The highest BCUT2D eigenvalue weighted by molar-refractivity contribution is 7.85. The van der Waals surface area contributed by atoms with Crippen molar-refractivity contribution in [3.8, 4) is 5.88 Å². The minimum Gasteiger partial charge on any atom is -0.463 e. The van der Waals surface area contributed by atoms with Gasteiger partial charge in [0, 0.05) is 29.7 Å². The summed E-state index contributed by atoms with van der Waals surface area (Å²) in [6.07, 6.45) is 4.68. The van der Waals surface area contributed by atoms with Gasteiger partial charge in [0.1, 0.15) is 21.5 Å². The molecule has 160 valence electrons. The quantitative estimate of drug-likeness (QED) is 0.725. The van der Waals surface area contributed by atoms with Crippen molar-refractivity contribution in [3.63, 3.8) is 0 Å². The monoisotopic (exact) mass is 448 g/mol.